The number of halogens is 2. The third-order valence-electron chi connectivity index (χ3n) is 2.37. The molecular formula is C11H10F2N4O3S2. The predicted molar refractivity (Wildman–Crippen MR) is 74.6 cm³/mol. The van der Waals surface area contributed by atoms with Crippen LogP contribution in [0.25, 0.3) is 0 Å². The Morgan fingerprint density at radius 2 is 2.00 bits per heavy atom. The molecule has 0 atom stereocenters. The van der Waals surface area contributed by atoms with Crippen LogP contribution < -0.4 is 10.0 Å². The SMILES string of the molecule is CC(=O)Nc1nnc(S(=O)(=O)NCc2ccc(F)c(F)c2)s1. The van der Waals surface area contributed by atoms with Crippen molar-refractivity contribution in [2.75, 3.05) is 5.32 Å². The minimum absolute atomic E-state index is 0.0423. The maximum atomic E-state index is 13.0. The van der Waals surface area contributed by atoms with Crippen molar-refractivity contribution in [1.29, 1.82) is 0 Å². The number of carbonyl (C=O) groups is 1. The van der Waals surface area contributed by atoms with E-state index in [4.69, 9.17) is 0 Å². The van der Waals surface area contributed by atoms with Crippen LogP contribution in [0.2, 0.25) is 0 Å². The fourth-order valence-corrected chi connectivity index (χ4v) is 3.41. The number of hydrogen-bond acceptors (Lipinski definition) is 6. The van der Waals surface area contributed by atoms with Gasteiger partial charge in [-0.1, -0.05) is 17.4 Å². The van der Waals surface area contributed by atoms with E-state index in [1.54, 1.807) is 0 Å². The van der Waals surface area contributed by atoms with E-state index in [9.17, 15) is 22.0 Å². The number of rotatable bonds is 5. The van der Waals surface area contributed by atoms with E-state index in [-0.39, 0.29) is 21.6 Å². The molecule has 0 saturated carbocycles. The zero-order chi connectivity index (χ0) is 16.3. The zero-order valence-corrected chi connectivity index (χ0v) is 12.8. The standard InChI is InChI=1S/C11H10F2N4O3S2/c1-6(18)15-10-16-17-11(21-10)22(19,20)14-5-7-2-3-8(12)9(13)4-7/h2-4,14H,5H2,1H3,(H,15,16,18). The Hall–Kier alpha value is -1.98. The first-order valence-electron chi connectivity index (χ1n) is 5.82. The Kier molecular flexibility index (Phi) is 4.78. The number of carbonyl (C=O) groups excluding carboxylic acids is 1. The summed E-state index contributed by atoms with van der Waals surface area (Å²) in [6.07, 6.45) is 0. The van der Waals surface area contributed by atoms with Gasteiger partial charge in [0.2, 0.25) is 15.4 Å². The summed E-state index contributed by atoms with van der Waals surface area (Å²) < 4.78 is 51.6. The molecule has 0 aliphatic heterocycles. The van der Waals surface area contributed by atoms with Crippen LogP contribution >= 0.6 is 11.3 Å². The molecule has 11 heteroatoms. The molecule has 118 valence electrons. The van der Waals surface area contributed by atoms with Crippen LogP contribution in [0.4, 0.5) is 13.9 Å². The summed E-state index contributed by atoms with van der Waals surface area (Å²) in [4.78, 5) is 10.8. The monoisotopic (exact) mass is 348 g/mol. The number of benzene rings is 1. The Morgan fingerprint density at radius 1 is 1.27 bits per heavy atom. The second-order valence-electron chi connectivity index (χ2n) is 4.13. The number of nitrogens with zero attached hydrogens (tertiary/aromatic N) is 2. The molecule has 2 rings (SSSR count). The molecule has 2 N–H and O–H groups in total. The van der Waals surface area contributed by atoms with Crippen LogP contribution in [0.5, 0.6) is 0 Å². The Balaban J connectivity index is 2.08. The summed E-state index contributed by atoms with van der Waals surface area (Å²) in [5, 5.41) is 9.31. The summed E-state index contributed by atoms with van der Waals surface area (Å²) in [6.45, 7) is 1.01. The highest BCUT2D eigenvalue weighted by atomic mass is 32.2. The third kappa shape index (κ3) is 4.02. The Bertz CT molecular complexity index is 807. The molecule has 1 heterocycles. The van der Waals surface area contributed by atoms with E-state index in [0.717, 1.165) is 12.1 Å². The number of nitrogens with one attached hydrogen (secondary N) is 2. The van der Waals surface area contributed by atoms with Crippen LogP contribution in [-0.2, 0) is 21.4 Å². The normalized spacial score (nSPS) is 11.4. The topological polar surface area (TPSA) is 101 Å². The van der Waals surface area contributed by atoms with Gasteiger partial charge in [-0.2, -0.15) is 0 Å². The highest BCUT2D eigenvalue weighted by Gasteiger charge is 2.20. The van der Waals surface area contributed by atoms with Gasteiger partial charge in [0.1, 0.15) is 0 Å². The molecule has 22 heavy (non-hydrogen) atoms. The number of sulfonamides is 1. The van der Waals surface area contributed by atoms with Gasteiger partial charge in [-0.25, -0.2) is 21.9 Å². The molecule has 0 spiro atoms. The number of anilines is 1. The zero-order valence-electron chi connectivity index (χ0n) is 11.1. The van der Waals surface area contributed by atoms with E-state index in [1.807, 2.05) is 0 Å². The van der Waals surface area contributed by atoms with Gasteiger partial charge in [-0.3, -0.25) is 4.79 Å². The van der Waals surface area contributed by atoms with Crippen molar-refractivity contribution >= 4 is 32.4 Å². The van der Waals surface area contributed by atoms with E-state index in [0.29, 0.717) is 11.3 Å². The summed E-state index contributed by atoms with van der Waals surface area (Å²) in [5.74, 6) is -2.49. The van der Waals surface area contributed by atoms with E-state index in [1.165, 1.54) is 13.0 Å². The first kappa shape index (κ1) is 16.4. The van der Waals surface area contributed by atoms with Crippen molar-refractivity contribution < 1.29 is 22.0 Å². The molecule has 2 aromatic rings. The highest BCUT2D eigenvalue weighted by Crippen LogP contribution is 2.20. The van der Waals surface area contributed by atoms with Crippen LogP contribution in [0, 0.1) is 11.6 Å². The van der Waals surface area contributed by atoms with Crippen LogP contribution in [0.15, 0.2) is 22.5 Å². The molecule has 1 aromatic heterocycles. The van der Waals surface area contributed by atoms with Gasteiger partial charge in [0.05, 0.1) is 0 Å². The first-order chi connectivity index (χ1) is 10.3. The van der Waals surface area contributed by atoms with Crippen molar-refractivity contribution in [1.82, 2.24) is 14.9 Å². The van der Waals surface area contributed by atoms with Gasteiger partial charge in [0.15, 0.2) is 11.6 Å². The molecule has 7 nitrogen and oxygen atoms in total. The van der Waals surface area contributed by atoms with Crippen molar-refractivity contribution in [2.24, 2.45) is 0 Å². The van der Waals surface area contributed by atoms with Gasteiger partial charge < -0.3 is 5.32 Å². The molecule has 0 aliphatic rings. The summed E-state index contributed by atoms with van der Waals surface area (Å²) >= 11 is 0.670. The maximum absolute atomic E-state index is 13.0. The third-order valence-corrected chi connectivity index (χ3v) is 4.98. The lowest BCUT2D eigenvalue weighted by Crippen LogP contribution is -2.23. The second-order valence-corrected chi connectivity index (χ2v) is 7.05. The van der Waals surface area contributed by atoms with Gasteiger partial charge >= 0.3 is 0 Å². The van der Waals surface area contributed by atoms with E-state index >= 15 is 0 Å². The molecule has 0 bridgehead atoms. The second kappa shape index (κ2) is 6.42. The highest BCUT2D eigenvalue weighted by molar-refractivity contribution is 7.91. The predicted octanol–water partition coefficient (Wildman–Crippen LogP) is 1.25. The van der Waals surface area contributed by atoms with Gasteiger partial charge in [-0.05, 0) is 17.7 Å². The molecule has 1 aromatic carbocycles. The van der Waals surface area contributed by atoms with Crippen molar-refractivity contribution in [3.8, 4) is 0 Å². The molecule has 0 radical (unpaired) electrons. The van der Waals surface area contributed by atoms with Crippen LogP contribution in [0.3, 0.4) is 0 Å². The summed E-state index contributed by atoms with van der Waals surface area (Å²) in [7, 11) is -3.97. The van der Waals surface area contributed by atoms with Crippen molar-refractivity contribution in [3.63, 3.8) is 0 Å². The Morgan fingerprint density at radius 3 is 2.64 bits per heavy atom. The summed E-state index contributed by atoms with van der Waals surface area (Å²) in [6, 6.07) is 3.04. The lowest BCUT2D eigenvalue weighted by Gasteiger charge is -2.04. The van der Waals surface area contributed by atoms with Gasteiger partial charge in [0, 0.05) is 13.5 Å². The van der Waals surface area contributed by atoms with Crippen LogP contribution in [-0.4, -0.2) is 24.5 Å². The molecule has 0 unspecified atom stereocenters. The van der Waals surface area contributed by atoms with Gasteiger partial charge in [-0.15, -0.1) is 10.2 Å². The maximum Gasteiger partial charge on any atom is 0.270 e. The fourth-order valence-electron chi connectivity index (χ4n) is 1.41. The Labute approximate surface area is 128 Å². The minimum Gasteiger partial charge on any atom is -0.301 e. The van der Waals surface area contributed by atoms with Gasteiger partial charge in [0.25, 0.3) is 10.0 Å². The van der Waals surface area contributed by atoms with Crippen molar-refractivity contribution in [2.45, 2.75) is 17.8 Å². The largest absolute Gasteiger partial charge is 0.301 e. The molecule has 0 saturated heterocycles. The van der Waals surface area contributed by atoms with Crippen molar-refractivity contribution in [3.05, 3.63) is 35.4 Å². The number of aromatic nitrogens is 2. The number of hydrogen-bond donors (Lipinski definition) is 2. The van der Waals surface area contributed by atoms with E-state index in [2.05, 4.69) is 20.2 Å². The van der Waals surface area contributed by atoms with Crippen LogP contribution in [0.1, 0.15) is 12.5 Å². The fraction of sp³-hybridized carbons (Fsp3) is 0.182. The lowest BCUT2D eigenvalue weighted by molar-refractivity contribution is -0.114. The quantitative estimate of drug-likeness (QED) is 0.792. The smallest absolute Gasteiger partial charge is 0.270 e. The van der Waals surface area contributed by atoms with E-state index < -0.39 is 27.6 Å². The first-order valence-corrected chi connectivity index (χ1v) is 8.12. The minimum atomic E-state index is -3.97. The average molecular weight is 348 g/mol. The molecule has 1 amide bonds. The summed E-state index contributed by atoms with van der Waals surface area (Å²) in [5.41, 5.74) is 0.245. The number of amides is 1. The lowest BCUT2D eigenvalue weighted by atomic mass is 10.2. The average Bonchev–Trinajstić information content (AvgIpc) is 2.89. The molecule has 0 aliphatic carbocycles. The molecular weight excluding hydrogens is 338 g/mol. The molecule has 0 fully saturated rings.